The van der Waals surface area contributed by atoms with Gasteiger partial charge >= 0.3 is 0 Å². The highest BCUT2D eigenvalue weighted by atomic mass is 15.1. The summed E-state index contributed by atoms with van der Waals surface area (Å²) in [5.74, 6) is 1.09. The molecule has 1 heterocycles. The Morgan fingerprint density at radius 2 is 1.83 bits per heavy atom. The summed E-state index contributed by atoms with van der Waals surface area (Å²) in [5, 5.41) is 0. The van der Waals surface area contributed by atoms with E-state index in [1.807, 2.05) is 18.2 Å². The van der Waals surface area contributed by atoms with Gasteiger partial charge in [0.05, 0.1) is 5.69 Å². The Labute approximate surface area is 109 Å². The number of nitrogens with two attached hydrogens (primary N) is 1. The molecule has 3 heteroatoms. The molecule has 1 aromatic heterocycles. The van der Waals surface area contributed by atoms with Gasteiger partial charge in [0.1, 0.15) is 5.82 Å². The van der Waals surface area contributed by atoms with Gasteiger partial charge in [-0.3, -0.25) is 0 Å². The Bertz CT molecular complexity index is 506. The molecule has 2 aromatic rings. The van der Waals surface area contributed by atoms with E-state index in [-0.39, 0.29) is 5.41 Å². The molecule has 0 amide bonds. The third kappa shape index (κ3) is 2.62. The van der Waals surface area contributed by atoms with Crippen molar-refractivity contribution in [2.75, 3.05) is 6.54 Å². The molecule has 0 fully saturated rings. The van der Waals surface area contributed by atoms with Crippen LogP contribution in [0.2, 0.25) is 0 Å². The molecule has 0 unspecified atom stereocenters. The molecule has 1 aromatic carbocycles. The number of benzene rings is 1. The number of hydrogen-bond donors (Lipinski definition) is 1. The van der Waals surface area contributed by atoms with Crippen LogP contribution in [0.15, 0.2) is 36.5 Å². The van der Waals surface area contributed by atoms with Gasteiger partial charge in [0.15, 0.2) is 0 Å². The predicted octanol–water partition coefficient (Wildman–Crippen LogP) is 2.81. The first-order valence-corrected chi connectivity index (χ1v) is 6.35. The van der Waals surface area contributed by atoms with E-state index in [1.165, 1.54) is 0 Å². The van der Waals surface area contributed by atoms with Crippen molar-refractivity contribution in [3.63, 3.8) is 0 Å². The average molecular weight is 243 g/mol. The molecule has 0 radical (unpaired) electrons. The van der Waals surface area contributed by atoms with Gasteiger partial charge < -0.3 is 10.3 Å². The summed E-state index contributed by atoms with van der Waals surface area (Å²) < 4.78 is 2.17. The van der Waals surface area contributed by atoms with Gasteiger partial charge in [-0.2, -0.15) is 0 Å². The number of hydrogen-bond acceptors (Lipinski definition) is 2. The van der Waals surface area contributed by atoms with Crippen molar-refractivity contribution in [1.82, 2.24) is 9.55 Å². The maximum atomic E-state index is 5.67. The highest BCUT2D eigenvalue weighted by molar-refractivity contribution is 5.58. The largest absolute Gasteiger partial charge is 0.333 e. The first-order valence-electron chi connectivity index (χ1n) is 6.35. The predicted molar refractivity (Wildman–Crippen MR) is 75.4 cm³/mol. The monoisotopic (exact) mass is 243 g/mol. The zero-order valence-corrected chi connectivity index (χ0v) is 11.4. The second kappa shape index (κ2) is 4.94. The lowest BCUT2D eigenvalue weighted by molar-refractivity contribution is 0.500. The summed E-state index contributed by atoms with van der Waals surface area (Å²) in [6.07, 6.45) is 2.10. The summed E-state index contributed by atoms with van der Waals surface area (Å²) in [4.78, 5) is 4.78. The molecule has 0 bridgehead atoms. The van der Waals surface area contributed by atoms with Crippen LogP contribution in [0.4, 0.5) is 0 Å². The molecule has 0 spiro atoms. The normalized spacial score (nSPS) is 11.8. The van der Waals surface area contributed by atoms with Gasteiger partial charge in [0.25, 0.3) is 0 Å². The van der Waals surface area contributed by atoms with E-state index in [4.69, 9.17) is 10.7 Å². The summed E-state index contributed by atoms with van der Waals surface area (Å²) in [7, 11) is 0. The fraction of sp³-hybridized carbons (Fsp3) is 0.400. The lowest BCUT2D eigenvalue weighted by Crippen LogP contribution is -2.21. The molecule has 0 saturated heterocycles. The van der Waals surface area contributed by atoms with Crippen molar-refractivity contribution in [2.24, 2.45) is 5.73 Å². The van der Waals surface area contributed by atoms with Crippen LogP contribution in [0.3, 0.4) is 0 Å². The minimum Gasteiger partial charge on any atom is -0.333 e. The van der Waals surface area contributed by atoms with Crippen molar-refractivity contribution in [2.45, 2.75) is 32.7 Å². The van der Waals surface area contributed by atoms with Crippen LogP contribution in [0, 0.1) is 0 Å². The quantitative estimate of drug-likeness (QED) is 0.901. The first kappa shape index (κ1) is 12.8. The highest BCUT2D eigenvalue weighted by Crippen LogP contribution is 2.26. The number of rotatable bonds is 3. The van der Waals surface area contributed by atoms with Gasteiger partial charge in [-0.25, -0.2) is 4.98 Å². The van der Waals surface area contributed by atoms with E-state index < -0.39 is 0 Å². The first-order chi connectivity index (χ1) is 8.52. The zero-order chi connectivity index (χ0) is 13.2. The number of imidazole rings is 1. The number of aromatic nitrogens is 2. The molecule has 2 N–H and O–H groups in total. The van der Waals surface area contributed by atoms with Gasteiger partial charge in [-0.1, -0.05) is 51.1 Å². The van der Waals surface area contributed by atoms with Gasteiger partial charge in [0.2, 0.25) is 0 Å². The van der Waals surface area contributed by atoms with Crippen LogP contribution in [0.1, 0.15) is 26.6 Å². The molecule has 2 rings (SSSR count). The van der Waals surface area contributed by atoms with Crippen molar-refractivity contribution >= 4 is 0 Å². The van der Waals surface area contributed by atoms with Crippen LogP contribution in [-0.4, -0.2) is 16.1 Å². The van der Waals surface area contributed by atoms with Crippen LogP contribution in [0.25, 0.3) is 11.3 Å². The van der Waals surface area contributed by atoms with E-state index in [1.54, 1.807) is 0 Å². The van der Waals surface area contributed by atoms with Gasteiger partial charge in [0, 0.05) is 30.3 Å². The summed E-state index contributed by atoms with van der Waals surface area (Å²) in [5.41, 5.74) is 7.88. The van der Waals surface area contributed by atoms with E-state index in [0.29, 0.717) is 6.54 Å². The SMILES string of the molecule is CC(C)(C)c1nc(-c2ccccc2)cn1CCN. The minimum absolute atomic E-state index is 0.0300. The summed E-state index contributed by atoms with van der Waals surface area (Å²) in [6, 6.07) is 10.3. The summed E-state index contributed by atoms with van der Waals surface area (Å²) >= 11 is 0. The molecule has 96 valence electrons. The average Bonchev–Trinajstić information content (AvgIpc) is 2.75. The van der Waals surface area contributed by atoms with E-state index in [2.05, 4.69) is 43.7 Å². The third-order valence-electron chi connectivity index (χ3n) is 2.89. The highest BCUT2D eigenvalue weighted by Gasteiger charge is 2.21. The third-order valence-corrected chi connectivity index (χ3v) is 2.89. The van der Waals surface area contributed by atoms with Crippen molar-refractivity contribution in [3.8, 4) is 11.3 Å². The zero-order valence-electron chi connectivity index (χ0n) is 11.4. The Morgan fingerprint density at radius 3 is 2.39 bits per heavy atom. The maximum Gasteiger partial charge on any atom is 0.114 e. The van der Waals surface area contributed by atoms with Crippen molar-refractivity contribution in [1.29, 1.82) is 0 Å². The molecule has 0 aliphatic rings. The van der Waals surface area contributed by atoms with Crippen LogP contribution < -0.4 is 5.73 Å². The molecule has 0 aliphatic heterocycles. The Balaban J connectivity index is 2.46. The molecule has 0 saturated carbocycles. The Hall–Kier alpha value is -1.61. The fourth-order valence-corrected chi connectivity index (χ4v) is 2.07. The smallest absolute Gasteiger partial charge is 0.114 e. The Kier molecular flexibility index (Phi) is 3.53. The van der Waals surface area contributed by atoms with Gasteiger partial charge in [-0.05, 0) is 0 Å². The fourth-order valence-electron chi connectivity index (χ4n) is 2.07. The summed E-state index contributed by atoms with van der Waals surface area (Å²) in [6.45, 7) is 7.98. The van der Waals surface area contributed by atoms with E-state index >= 15 is 0 Å². The lowest BCUT2D eigenvalue weighted by atomic mass is 9.95. The molecule has 0 atom stereocenters. The maximum absolute atomic E-state index is 5.67. The van der Waals surface area contributed by atoms with E-state index in [9.17, 15) is 0 Å². The molecular formula is C15H21N3. The van der Waals surface area contributed by atoms with Crippen molar-refractivity contribution in [3.05, 3.63) is 42.4 Å². The molecular weight excluding hydrogens is 222 g/mol. The number of nitrogens with zero attached hydrogens (tertiary/aromatic N) is 2. The second-order valence-corrected chi connectivity index (χ2v) is 5.55. The van der Waals surface area contributed by atoms with Crippen molar-refractivity contribution < 1.29 is 0 Å². The molecule has 18 heavy (non-hydrogen) atoms. The minimum atomic E-state index is 0.0300. The molecule has 0 aliphatic carbocycles. The van der Waals surface area contributed by atoms with Crippen LogP contribution in [-0.2, 0) is 12.0 Å². The van der Waals surface area contributed by atoms with Gasteiger partial charge in [-0.15, -0.1) is 0 Å². The van der Waals surface area contributed by atoms with E-state index in [0.717, 1.165) is 23.6 Å². The van der Waals surface area contributed by atoms with Crippen LogP contribution >= 0.6 is 0 Å². The standard InChI is InChI=1S/C15H21N3/c1-15(2,3)14-17-13(11-18(14)10-9-16)12-7-5-4-6-8-12/h4-8,11H,9-10,16H2,1-3H3. The second-order valence-electron chi connectivity index (χ2n) is 5.55. The Morgan fingerprint density at radius 1 is 1.17 bits per heavy atom. The molecule has 3 nitrogen and oxygen atoms in total. The van der Waals surface area contributed by atoms with Crippen LogP contribution in [0.5, 0.6) is 0 Å². The lowest BCUT2D eigenvalue weighted by Gasteiger charge is -2.19. The topological polar surface area (TPSA) is 43.8 Å².